The molecule has 1 aromatic carbocycles. The Labute approximate surface area is 120 Å². The fourth-order valence-corrected chi connectivity index (χ4v) is 1.78. The van der Waals surface area contributed by atoms with Crippen molar-refractivity contribution in [2.24, 2.45) is 5.73 Å². The van der Waals surface area contributed by atoms with Crippen LogP contribution in [0.3, 0.4) is 0 Å². The van der Waals surface area contributed by atoms with Crippen LogP contribution in [0.25, 0.3) is 0 Å². The number of rotatable bonds is 4. The number of aromatic nitrogens is 1. The minimum Gasteiger partial charge on any atom is -0.495 e. The summed E-state index contributed by atoms with van der Waals surface area (Å²) in [6, 6.07) is 8.13. The third-order valence-corrected chi connectivity index (χ3v) is 2.91. The van der Waals surface area contributed by atoms with Crippen LogP contribution >= 0.6 is 11.6 Å². The Morgan fingerprint density at radius 2 is 2.10 bits per heavy atom. The third kappa shape index (κ3) is 2.92. The molecule has 1 aromatic heterocycles. The van der Waals surface area contributed by atoms with E-state index in [9.17, 15) is 4.79 Å². The zero-order chi connectivity index (χ0) is 14.7. The molecule has 0 aliphatic heterocycles. The summed E-state index contributed by atoms with van der Waals surface area (Å²) in [7, 11) is 1.52. The van der Waals surface area contributed by atoms with Crippen LogP contribution in [0.4, 0.5) is 17.2 Å². The number of nitrogens with zero attached hydrogens (tertiary/aromatic N) is 1. The predicted octanol–water partition coefficient (Wildman–Crippen LogP) is 2.17. The smallest absolute Gasteiger partial charge is 0.267 e. The van der Waals surface area contributed by atoms with Crippen LogP contribution in [0.15, 0.2) is 30.3 Å². The summed E-state index contributed by atoms with van der Waals surface area (Å²) in [5.41, 5.74) is 12.2. The zero-order valence-corrected chi connectivity index (χ0v) is 11.4. The van der Waals surface area contributed by atoms with Crippen LogP contribution < -0.4 is 21.5 Å². The van der Waals surface area contributed by atoms with Crippen molar-refractivity contribution in [2.75, 3.05) is 18.2 Å². The number of ether oxygens (including phenoxy) is 1. The highest BCUT2D eigenvalue weighted by molar-refractivity contribution is 6.32. The summed E-state index contributed by atoms with van der Waals surface area (Å²) in [6.45, 7) is 0. The number of hydrogen-bond donors (Lipinski definition) is 3. The maximum absolute atomic E-state index is 11.1. The second kappa shape index (κ2) is 5.66. The number of carbonyl (C=O) groups excluding carboxylic acids is 1. The fourth-order valence-electron chi connectivity index (χ4n) is 1.58. The van der Waals surface area contributed by atoms with Crippen molar-refractivity contribution in [3.63, 3.8) is 0 Å². The van der Waals surface area contributed by atoms with Gasteiger partial charge < -0.3 is 21.5 Å². The first-order valence-electron chi connectivity index (χ1n) is 5.68. The number of primary amides is 1. The van der Waals surface area contributed by atoms with Crippen molar-refractivity contribution in [2.45, 2.75) is 0 Å². The quantitative estimate of drug-likeness (QED) is 0.801. The van der Waals surface area contributed by atoms with Crippen molar-refractivity contribution in [1.82, 2.24) is 4.98 Å². The summed E-state index contributed by atoms with van der Waals surface area (Å²) in [6.07, 6.45) is 0. The molecule has 2 rings (SSSR count). The van der Waals surface area contributed by atoms with Crippen molar-refractivity contribution >= 4 is 34.7 Å². The molecule has 20 heavy (non-hydrogen) atoms. The molecule has 1 amide bonds. The molecule has 7 heteroatoms. The lowest BCUT2D eigenvalue weighted by Gasteiger charge is -2.11. The van der Waals surface area contributed by atoms with Gasteiger partial charge in [-0.3, -0.25) is 4.79 Å². The van der Waals surface area contributed by atoms with Crippen LogP contribution in [-0.2, 0) is 0 Å². The van der Waals surface area contributed by atoms with E-state index in [1.165, 1.54) is 13.2 Å². The Bertz CT molecular complexity index is 661. The molecule has 0 bridgehead atoms. The Hall–Kier alpha value is -2.47. The van der Waals surface area contributed by atoms with E-state index in [1.807, 2.05) is 0 Å². The first-order chi connectivity index (χ1) is 9.51. The second-order valence-corrected chi connectivity index (χ2v) is 4.38. The molecule has 0 spiro atoms. The number of methoxy groups -OCH3 is 1. The first kappa shape index (κ1) is 14.0. The summed E-state index contributed by atoms with van der Waals surface area (Å²) in [4.78, 5) is 15.2. The highest BCUT2D eigenvalue weighted by atomic mass is 35.5. The normalized spacial score (nSPS) is 10.1. The maximum Gasteiger partial charge on any atom is 0.267 e. The molecule has 5 N–H and O–H groups in total. The van der Waals surface area contributed by atoms with E-state index in [1.54, 1.807) is 24.3 Å². The number of nitrogens with two attached hydrogens (primary N) is 2. The molecular weight excluding hydrogens is 280 g/mol. The number of nitrogen functional groups attached to an aromatic ring is 1. The Kier molecular flexibility index (Phi) is 3.95. The van der Waals surface area contributed by atoms with Gasteiger partial charge in [0.15, 0.2) is 5.82 Å². The van der Waals surface area contributed by atoms with E-state index in [4.69, 9.17) is 27.8 Å². The number of hydrogen-bond acceptors (Lipinski definition) is 5. The molecule has 0 unspecified atom stereocenters. The minimum atomic E-state index is -0.623. The van der Waals surface area contributed by atoms with E-state index in [2.05, 4.69) is 10.3 Å². The molecule has 0 radical (unpaired) electrons. The fraction of sp³-hybridized carbons (Fsp3) is 0.0769. The summed E-state index contributed by atoms with van der Waals surface area (Å²) < 4.78 is 5.12. The van der Waals surface area contributed by atoms with Crippen LogP contribution in [0.1, 0.15) is 10.5 Å². The average molecular weight is 293 g/mol. The lowest BCUT2D eigenvalue weighted by atomic mass is 10.2. The summed E-state index contributed by atoms with van der Waals surface area (Å²) in [5.74, 6) is 0.230. The average Bonchev–Trinajstić information content (AvgIpc) is 2.43. The largest absolute Gasteiger partial charge is 0.495 e. The Morgan fingerprint density at radius 3 is 2.75 bits per heavy atom. The Balaban J connectivity index is 2.34. The molecule has 2 aromatic rings. The Morgan fingerprint density at radius 1 is 1.35 bits per heavy atom. The molecule has 0 saturated heterocycles. The highest BCUT2D eigenvalue weighted by Crippen LogP contribution is 2.29. The van der Waals surface area contributed by atoms with Gasteiger partial charge in [0.25, 0.3) is 5.91 Å². The highest BCUT2D eigenvalue weighted by Gasteiger charge is 2.09. The van der Waals surface area contributed by atoms with Gasteiger partial charge in [-0.25, -0.2) is 4.98 Å². The molecule has 0 atom stereocenters. The van der Waals surface area contributed by atoms with Gasteiger partial charge in [-0.05, 0) is 24.3 Å². The van der Waals surface area contributed by atoms with E-state index < -0.39 is 5.91 Å². The van der Waals surface area contributed by atoms with Gasteiger partial charge in [-0.1, -0.05) is 11.6 Å². The third-order valence-electron chi connectivity index (χ3n) is 2.59. The number of halogens is 1. The van der Waals surface area contributed by atoms with Crippen molar-refractivity contribution in [3.05, 3.63) is 41.0 Å². The second-order valence-electron chi connectivity index (χ2n) is 3.97. The van der Waals surface area contributed by atoms with Gasteiger partial charge in [0, 0.05) is 11.8 Å². The SMILES string of the molecule is COc1cc(Nc2nc(C(N)=O)ccc2N)ccc1Cl. The van der Waals surface area contributed by atoms with Crippen molar-refractivity contribution in [3.8, 4) is 5.75 Å². The summed E-state index contributed by atoms with van der Waals surface area (Å²) >= 11 is 5.94. The molecule has 0 fully saturated rings. The van der Waals surface area contributed by atoms with Crippen LogP contribution in [-0.4, -0.2) is 18.0 Å². The molecule has 6 nitrogen and oxygen atoms in total. The topological polar surface area (TPSA) is 103 Å². The van der Waals surface area contributed by atoms with Gasteiger partial charge in [-0.15, -0.1) is 0 Å². The van der Waals surface area contributed by atoms with E-state index in [-0.39, 0.29) is 5.69 Å². The maximum atomic E-state index is 11.1. The van der Waals surface area contributed by atoms with Gasteiger partial charge in [0.05, 0.1) is 17.8 Å². The minimum absolute atomic E-state index is 0.127. The number of carbonyl (C=O) groups is 1. The number of benzene rings is 1. The van der Waals surface area contributed by atoms with Crippen molar-refractivity contribution < 1.29 is 9.53 Å². The van der Waals surface area contributed by atoms with Gasteiger partial charge in [-0.2, -0.15) is 0 Å². The number of nitrogens with one attached hydrogen (secondary N) is 1. The molecular formula is C13H13ClN4O2. The standard InChI is InChI=1S/C13H13ClN4O2/c1-20-11-6-7(2-3-8(11)14)17-13-9(15)4-5-10(18-13)12(16)19/h2-6H,15H2,1H3,(H2,16,19)(H,17,18). The van der Waals surface area contributed by atoms with Crippen molar-refractivity contribution in [1.29, 1.82) is 0 Å². The lowest BCUT2D eigenvalue weighted by molar-refractivity contribution is 0.0996. The summed E-state index contributed by atoms with van der Waals surface area (Å²) in [5, 5.41) is 3.48. The monoisotopic (exact) mass is 292 g/mol. The van der Waals surface area contributed by atoms with Gasteiger partial charge in [0.2, 0.25) is 0 Å². The van der Waals surface area contributed by atoms with E-state index in [0.29, 0.717) is 28.0 Å². The number of amides is 1. The van der Waals surface area contributed by atoms with Crippen LogP contribution in [0.2, 0.25) is 5.02 Å². The molecule has 1 heterocycles. The lowest BCUT2D eigenvalue weighted by Crippen LogP contribution is -2.14. The molecule has 0 aliphatic rings. The number of anilines is 3. The zero-order valence-electron chi connectivity index (χ0n) is 10.7. The van der Waals surface area contributed by atoms with E-state index >= 15 is 0 Å². The van der Waals surface area contributed by atoms with Crippen LogP contribution in [0.5, 0.6) is 5.75 Å². The van der Waals surface area contributed by atoms with Gasteiger partial charge in [0.1, 0.15) is 11.4 Å². The number of pyridine rings is 1. The molecule has 104 valence electrons. The first-order valence-corrected chi connectivity index (χ1v) is 6.06. The van der Waals surface area contributed by atoms with Crippen LogP contribution in [0, 0.1) is 0 Å². The predicted molar refractivity (Wildman–Crippen MR) is 78.5 cm³/mol. The molecule has 0 aliphatic carbocycles. The van der Waals surface area contributed by atoms with E-state index in [0.717, 1.165) is 0 Å². The van der Waals surface area contributed by atoms with Gasteiger partial charge >= 0.3 is 0 Å². The molecule has 0 saturated carbocycles.